The summed E-state index contributed by atoms with van der Waals surface area (Å²) in [6.07, 6.45) is 1.67. The van der Waals surface area contributed by atoms with Gasteiger partial charge in [-0.2, -0.15) is 0 Å². The van der Waals surface area contributed by atoms with Crippen LogP contribution in [0.25, 0.3) is 0 Å². The average Bonchev–Trinajstić information content (AvgIpc) is 2.19. The van der Waals surface area contributed by atoms with Crippen LogP contribution in [0.2, 0.25) is 0 Å². The Hall–Kier alpha value is -0.820. The van der Waals surface area contributed by atoms with Gasteiger partial charge in [0.25, 0.3) is 0 Å². The van der Waals surface area contributed by atoms with E-state index >= 15 is 0 Å². The zero-order valence-electron chi connectivity index (χ0n) is 9.98. The first-order valence-corrected chi connectivity index (χ1v) is 5.88. The van der Waals surface area contributed by atoms with E-state index < -0.39 is 0 Å². The topological polar surface area (TPSA) is 20.2 Å². The monoisotopic (exact) mass is 206 g/mol. The van der Waals surface area contributed by atoms with Gasteiger partial charge in [0.05, 0.1) is 6.10 Å². The normalized spacial score (nSPS) is 15.3. The molecule has 1 aromatic rings. The molecule has 2 unspecified atom stereocenters. The van der Waals surface area contributed by atoms with E-state index in [1.54, 1.807) is 0 Å². The number of aliphatic hydroxyl groups excluding tert-OH is 1. The molecule has 0 aliphatic rings. The van der Waals surface area contributed by atoms with Crippen LogP contribution in [0.5, 0.6) is 0 Å². The summed E-state index contributed by atoms with van der Waals surface area (Å²) in [5.41, 5.74) is 1.26. The van der Waals surface area contributed by atoms with Gasteiger partial charge in [-0.15, -0.1) is 0 Å². The van der Waals surface area contributed by atoms with Crippen LogP contribution in [0.1, 0.15) is 45.1 Å². The SMILES string of the molecule is CCC(c1ccccc1)C(O)CC(C)C. The molecule has 1 nitrogen and oxygen atoms in total. The zero-order valence-corrected chi connectivity index (χ0v) is 9.98. The van der Waals surface area contributed by atoms with Gasteiger partial charge in [-0.05, 0) is 24.3 Å². The Kier molecular flexibility index (Phi) is 4.83. The van der Waals surface area contributed by atoms with Crippen LogP contribution >= 0.6 is 0 Å². The lowest BCUT2D eigenvalue weighted by molar-refractivity contribution is 0.117. The summed E-state index contributed by atoms with van der Waals surface area (Å²) in [5, 5.41) is 10.1. The van der Waals surface area contributed by atoms with Crippen LogP contribution in [-0.4, -0.2) is 11.2 Å². The molecule has 1 rings (SSSR count). The molecule has 0 fully saturated rings. The molecule has 0 aliphatic carbocycles. The molecule has 15 heavy (non-hydrogen) atoms. The van der Waals surface area contributed by atoms with Gasteiger partial charge < -0.3 is 5.11 Å². The van der Waals surface area contributed by atoms with Crippen molar-refractivity contribution in [3.63, 3.8) is 0 Å². The molecule has 0 spiro atoms. The average molecular weight is 206 g/mol. The third-order valence-corrected chi connectivity index (χ3v) is 2.84. The van der Waals surface area contributed by atoms with Gasteiger partial charge in [-0.25, -0.2) is 0 Å². The van der Waals surface area contributed by atoms with Crippen LogP contribution in [0.3, 0.4) is 0 Å². The molecule has 0 radical (unpaired) electrons. The summed E-state index contributed by atoms with van der Waals surface area (Å²) in [4.78, 5) is 0. The smallest absolute Gasteiger partial charge is 0.0611 e. The first-order valence-electron chi connectivity index (χ1n) is 5.88. The van der Waals surface area contributed by atoms with Crippen molar-refractivity contribution in [3.05, 3.63) is 35.9 Å². The zero-order chi connectivity index (χ0) is 11.3. The third-order valence-electron chi connectivity index (χ3n) is 2.84. The summed E-state index contributed by atoms with van der Waals surface area (Å²) in [6.45, 7) is 6.45. The van der Waals surface area contributed by atoms with Crippen molar-refractivity contribution < 1.29 is 5.11 Å². The van der Waals surface area contributed by atoms with Gasteiger partial charge in [0.2, 0.25) is 0 Å². The lowest BCUT2D eigenvalue weighted by Crippen LogP contribution is -2.20. The van der Waals surface area contributed by atoms with Crippen molar-refractivity contribution >= 4 is 0 Å². The summed E-state index contributed by atoms with van der Waals surface area (Å²) in [7, 11) is 0. The molecule has 1 heteroatoms. The van der Waals surface area contributed by atoms with Gasteiger partial charge in [-0.1, -0.05) is 51.1 Å². The molecular weight excluding hydrogens is 184 g/mol. The van der Waals surface area contributed by atoms with Crippen molar-refractivity contribution in [2.45, 2.75) is 45.6 Å². The highest BCUT2D eigenvalue weighted by molar-refractivity contribution is 5.20. The molecule has 0 saturated heterocycles. The molecule has 2 atom stereocenters. The van der Waals surface area contributed by atoms with Crippen LogP contribution < -0.4 is 0 Å². The Balaban J connectivity index is 2.71. The number of rotatable bonds is 5. The first kappa shape index (κ1) is 12.3. The van der Waals surface area contributed by atoms with E-state index in [1.807, 2.05) is 18.2 Å². The van der Waals surface area contributed by atoms with Crippen LogP contribution in [0.4, 0.5) is 0 Å². The number of hydrogen-bond acceptors (Lipinski definition) is 1. The van der Waals surface area contributed by atoms with E-state index in [-0.39, 0.29) is 12.0 Å². The predicted octanol–water partition coefficient (Wildman–Crippen LogP) is 3.59. The van der Waals surface area contributed by atoms with E-state index in [1.165, 1.54) is 5.56 Å². The molecule has 1 N–H and O–H groups in total. The van der Waals surface area contributed by atoms with E-state index in [2.05, 4.69) is 32.9 Å². The van der Waals surface area contributed by atoms with E-state index in [9.17, 15) is 5.11 Å². The van der Waals surface area contributed by atoms with Gasteiger partial charge in [0.1, 0.15) is 0 Å². The second-order valence-corrected chi connectivity index (χ2v) is 4.62. The van der Waals surface area contributed by atoms with Gasteiger partial charge in [0, 0.05) is 5.92 Å². The summed E-state index contributed by atoms with van der Waals surface area (Å²) >= 11 is 0. The standard InChI is InChI=1S/C14H22O/c1-4-13(14(15)10-11(2)3)12-8-6-5-7-9-12/h5-9,11,13-15H,4,10H2,1-3H3. The van der Waals surface area contributed by atoms with Crippen LogP contribution in [0.15, 0.2) is 30.3 Å². The number of benzene rings is 1. The van der Waals surface area contributed by atoms with E-state index in [0.29, 0.717) is 5.92 Å². The minimum Gasteiger partial charge on any atom is -0.392 e. The lowest BCUT2D eigenvalue weighted by Gasteiger charge is -2.23. The number of aliphatic hydroxyl groups is 1. The second-order valence-electron chi connectivity index (χ2n) is 4.62. The molecule has 0 aromatic heterocycles. The minimum absolute atomic E-state index is 0.211. The fourth-order valence-electron chi connectivity index (χ4n) is 2.08. The van der Waals surface area contributed by atoms with Crippen molar-refractivity contribution in [2.75, 3.05) is 0 Å². The van der Waals surface area contributed by atoms with Crippen molar-refractivity contribution in [2.24, 2.45) is 5.92 Å². The Labute approximate surface area is 93.1 Å². The maximum absolute atomic E-state index is 10.1. The summed E-state index contributed by atoms with van der Waals surface area (Å²) in [5.74, 6) is 0.839. The van der Waals surface area contributed by atoms with Crippen molar-refractivity contribution in [3.8, 4) is 0 Å². The molecule has 0 bridgehead atoms. The first-order chi connectivity index (χ1) is 7.15. The van der Waals surface area contributed by atoms with Crippen LogP contribution in [0, 0.1) is 5.92 Å². The van der Waals surface area contributed by atoms with Crippen molar-refractivity contribution in [1.82, 2.24) is 0 Å². The molecule has 0 amide bonds. The molecule has 84 valence electrons. The maximum atomic E-state index is 10.1. The third kappa shape index (κ3) is 3.67. The quantitative estimate of drug-likeness (QED) is 0.780. The molecular formula is C14H22O. The van der Waals surface area contributed by atoms with Crippen molar-refractivity contribution in [1.29, 1.82) is 0 Å². The van der Waals surface area contributed by atoms with Gasteiger partial charge >= 0.3 is 0 Å². The summed E-state index contributed by atoms with van der Waals surface area (Å²) in [6, 6.07) is 10.3. The number of hydrogen-bond donors (Lipinski definition) is 1. The maximum Gasteiger partial charge on any atom is 0.0611 e. The molecule has 1 aromatic carbocycles. The predicted molar refractivity (Wildman–Crippen MR) is 64.9 cm³/mol. The van der Waals surface area contributed by atoms with Crippen LogP contribution in [-0.2, 0) is 0 Å². The van der Waals surface area contributed by atoms with E-state index in [4.69, 9.17) is 0 Å². The highest BCUT2D eigenvalue weighted by atomic mass is 16.3. The largest absolute Gasteiger partial charge is 0.392 e. The fraction of sp³-hybridized carbons (Fsp3) is 0.571. The Morgan fingerprint density at radius 3 is 2.20 bits per heavy atom. The molecule has 0 heterocycles. The highest BCUT2D eigenvalue weighted by Gasteiger charge is 2.19. The molecule has 0 aliphatic heterocycles. The molecule has 0 saturated carbocycles. The van der Waals surface area contributed by atoms with Gasteiger partial charge in [0.15, 0.2) is 0 Å². The Morgan fingerprint density at radius 2 is 1.73 bits per heavy atom. The second kappa shape index (κ2) is 5.92. The summed E-state index contributed by atoms with van der Waals surface area (Å²) < 4.78 is 0. The highest BCUT2D eigenvalue weighted by Crippen LogP contribution is 2.26. The van der Waals surface area contributed by atoms with E-state index in [0.717, 1.165) is 12.8 Å². The minimum atomic E-state index is -0.211. The lowest BCUT2D eigenvalue weighted by atomic mass is 9.87. The Bertz CT molecular complexity index is 266. The van der Waals surface area contributed by atoms with Gasteiger partial charge in [-0.3, -0.25) is 0 Å². The Morgan fingerprint density at radius 1 is 1.13 bits per heavy atom. The fourth-order valence-corrected chi connectivity index (χ4v) is 2.08.